The van der Waals surface area contributed by atoms with Gasteiger partial charge in [-0.3, -0.25) is 0 Å². The van der Waals surface area contributed by atoms with Crippen molar-refractivity contribution in [2.45, 2.75) is 31.2 Å². The van der Waals surface area contributed by atoms with Crippen LogP contribution in [0.25, 0.3) is 0 Å². The Morgan fingerprint density at radius 2 is 1.85 bits per heavy atom. The normalized spacial score (nSPS) is 12.9. The van der Waals surface area contributed by atoms with E-state index in [9.17, 15) is 12.8 Å². The molecular formula is C18H18FN3O3S. The van der Waals surface area contributed by atoms with Crippen molar-refractivity contribution in [3.8, 4) is 0 Å². The zero-order valence-corrected chi connectivity index (χ0v) is 15.1. The Hall–Kier alpha value is -2.58. The van der Waals surface area contributed by atoms with Gasteiger partial charge in [0.15, 0.2) is 0 Å². The minimum Gasteiger partial charge on any atom is -0.424 e. The lowest BCUT2D eigenvalue weighted by Gasteiger charge is -2.17. The van der Waals surface area contributed by atoms with Crippen molar-refractivity contribution in [1.29, 1.82) is 0 Å². The topological polar surface area (TPSA) is 85.1 Å². The average molecular weight is 375 g/mol. The summed E-state index contributed by atoms with van der Waals surface area (Å²) in [6.07, 6.45) is 0.335. The quantitative estimate of drug-likeness (QED) is 0.716. The Morgan fingerprint density at radius 3 is 2.46 bits per heavy atom. The molecule has 1 heterocycles. The molecule has 1 N–H and O–H groups in total. The Bertz CT molecular complexity index is 1000. The minimum absolute atomic E-state index is 0.00759. The molecule has 136 valence electrons. The molecule has 0 saturated heterocycles. The van der Waals surface area contributed by atoms with Crippen LogP contribution in [0.4, 0.5) is 4.39 Å². The minimum atomic E-state index is -3.91. The van der Waals surface area contributed by atoms with Crippen LogP contribution in [0.2, 0.25) is 0 Å². The summed E-state index contributed by atoms with van der Waals surface area (Å²) >= 11 is 0. The Kier molecular flexibility index (Phi) is 5.15. The molecule has 0 aliphatic carbocycles. The predicted molar refractivity (Wildman–Crippen MR) is 93.4 cm³/mol. The van der Waals surface area contributed by atoms with E-state index in [0.29, 0.717) is 17.9 Å². The molecule has 6 nitrogen and oxygen atoms in total. The van der Waals surface area contributed by atoms with Gasteiger partial charge in [0.05, 0.1) is 4.90 Å². The predicted octanol–water partition coefficient (Wildman–Crippen LogP) is 3.09. The maximum atomic E-state index is 13.3. The van der Waals surface area contributed by atoms with Crippen LogP contribution in [0.1, 0.15) is 29.0 Å². The van der Waals surface area contributed by atoms with E-state index < -0.39 is 21.9 Å². The molecule has 0 spiro atoms. The zero-order chi connectivity index (χ0) is 18.7. The largest absolute Gasteiger partial charge is 0.424 e. The fourth-order valence-electron chi connectivity index (χ4n) is 2.65. The van der Waals surface area contributed by atoms with Crippen LogP contribution in [-0.2, 0) is 16.4 Å². The number of nitrogens with one attached hydrogen (secondary N) is 1. The van der Waals surface area contributed by atoms with Gasteiger partial charge in [-0.1, -0.05) is 30.3 Å². The van der Waals surface area contributed by atoms with Gasteiger partial charge < -0.3 is 4.42 Å². The number of hydrogen-bond donors (Lipinski definition) is 1. The summed E-state index contributed by atoms with van der Waals surface area (Å²) in [4.78, 5) is 0.00759. The highest BCUT2D eigenvalue weighted by molar-refractivity contribution is 7.89. The third-order valence-electron chi connectivity index (χ3n) is 3.85. The fraction of sp³-hybridized carbons (Fsp3) is 0.222. The van der Waals surface area contributed by atoms with Gasteiger partial charge in [0.2, 0.25) is 21.8 Å². The standard InChI is InChI=1S/C18H18FN3O3S/c1-12-10-15(19)8-9-17(12)26(23,24)22-16(18-21-20-13(2)25-18)11-14-6-4-3-5-7-14/h3-10,16,22H,11H2,1-2H3. The number of halogens is 1. The number of aromatic nitrogens is 2. The smallest absolute Gasteiger partial charge is 0.241 e. The molecule has 0 fully saturated rings. The van der Waals surface area contributed by atoms with Crippen LogP contribution in [0.5, 0.6) is 0 Å². The molecule has 0 bridgehead atoms. The van der Waals surface area contributed by atoms with Gasteiger partial charge in [-0.15, -0.1) is 10.2 Å². The molecule has 0 saturated carbocycles. The SMILES string of the molecule is Cc1nnc(C(Cc2ccccc2)NS(=O)(=O)c2ccc(F)cc2C)o1. The lowest BCUT2D eigenvalue weighted by Crippen LogP contribution is -2.31. The number of aryl methyl sites for hydroxylation is 2. The number of hydrogen-bond acceptors (Lipinski definition) is 5. The van der Waals surface area contributed by atoms with Crippen LogP contribution in [0.15, 0.2) is 57.8 Å². The average Bonchev–Trinajstić information content (AvgIpc) is 3.01. The van der Waals surface area contributed by atoms with Crippen LogP contribution < -0.4 is 4.72 Å². The van der Waals surface area contributed by atoms with Crippen molar-refractivity contribution in [3.05, 3.63) is 77.3 Å². The van der Waals surface area contributed by atoms with Crippen LogP contribution >= 0.6 is 0 Å². The second-order valence-electron chi connectivity index (χ2n) is 5.93. The van der Waals surface area contributed by atoms with E-state index in [1.165, 1.54) is 12.1 Å². The summed E-state index contributed by atoms with van der Waals surface area (Å²) in [7, 11) is -3.91. The van der Waals surface area contributed by atoms with E-state index in [1.54, 1.807) is 13.8 Å². The fourth-order valence-corrected chi connectivity index (χ4v) is 4.06. The summed E-state index contributed by atoms with van der Waals surface area (Å²) in [6, 6.07) is 12.2. The van der Waals surface area contributed by atoms with E-state index in [4.69, 9.17) is 4.42 Å². The van der Waals surface area contributed by atoms with Crippen LogP contribution in [0.3, 0.4) is 0 Å². The van der Waals surface area contributed by atoms with Gasteiger partial charge in [0, 0.05) is 6.92 Å². The molecule has 3 aromatic rings. The number of nitrogens with zero attached hydrogens (tertiary/aromatic N) is 2. The summed E-state index contributed by atoms with van der Waals surface area (Å²) in [5.74, 6) is 0.0275. The number of benzene rings is 2. The number of sulfonamides is 1. The first-order chi connectivity index (χ1) is 12.3. The molecule has 1 aromatic heterocycles. The third-order valence-corrected chi connectivity index (χ3v) is 5.48. The summed E-state index contributed by atoms with van der Waals surface area (Å²) < 4.78 is 47.0. The lowest BCUT2D eigenvalue weighted by molar-refractivity contribution is 0.411. The van der Waals surface area contributed by atoms with Crippen LogP contribution in [0, 0.1) is 19.7 Å². The second-order valence-corrected chi connectivity index (χ2v) is 7.62. The molecule has 0 radical (unpaired) electrons. The number of rotatable bonds is 6. The maximum Gasteiger partial charge on any atom is 0.241 e. The Balaban J connectivity index is 1.94. The molecule has 1 unspecified atom stereocenters. The third kappa shape index (κ3) is 4.14. The molecule has 0 aliphatic rings. The molecule has 3 rings (SSSR count). The van der Waals surface area contributed by atoms with Crippen molar-refractivity contribution in [3.63, 3.8) is 0 Å². The Labute approximate surface area is 151 Å². The van der Waals surface area contributed by atoms with E-state index in [-0.39, 0.29) is 10.8 Å². The van der Waals surface area contributed by atoms with E-state index in [0.717, 1.165) is 11.6 Å². The summed E-state index contributed by atoms with van der Waals surface area (Å²) in [6.45, 7) is 3.18. The van der Waals surface area contributed by atoms with E-state index >= 15 is 0 Å². The molecular weight excluding hydrogens is 357 g/mol. The van der Waals surface area contributed by atoms with Gasteiger partial charge in [-0.05, 0) is 42.7 Å². The highest BCUT2D eigenvalue weighted by Crippen LogP contribution is 2.23. The summed E-state index contributed by atoms with van der Waals surface area (Å²) in [5.41, 5.74) is 1.23. The van der Waals surface area contributed by atoms with E-state index in [2.05, 4.69) is 14.9 Å². The van der Waals surface area contributed by atoms with Crippen molar-refractivity contribution in [2.75, 3.05) is 0 Å². The van der Waals surface area contributed by atoms with Crippen molar-refractivity contribution >= 4 is 10.0 Å². The molecule has 26 heavy (non-hydrogen) atoms. The van der Waals surface area contributed by atoms with Gasteiger partial charge >= 0.3 is 0 Å². The second kappa shape index (κ2) is 7.35. The molecule has 0 amide bonds. The highest BCUT2D eigenvalue weighted by Gasteiger charge is 2.27. The van der Waals surface area contributed by atoms with Crippen molar-refractivity contribution in [2.24, 2.45) is 0 Å². The zero-order valence-electron chi connectivity index (χ0n) is 14.3. The first-order valence-electron chi connectivity index (χ1n) is 7.97. The monoisotopic (exact) mass is 375 g/mol. The highest BCUT2D eigenvalue weighted by atomic mass is 32.2. The van der Waals surface area contributed by atoms with Gasteiger partial charge in [0.1, 0.15) is 11.9 Å². The van der Waals surface area contributed by atoms with Gasteiger partial charge in [-0.25, -0.2) is 12.8 Å². The first kappa shape index (κ1) is 18.2. The molecule has 1 atom stereocenters. The van der Waals surface area contributed by atoms with Crippen molar-refractivity contribution < 1.29 is 17.2 Å². The van der Waals surface area contributed by atoms with Crippen LogP contribution in [-0.4, -0.2) is 18.6 Å². The lowest BCUT2D eigenvalue weighted by atomic mass is 10.1. The van der Waals surface area contributed by atoms with Gasteiger partial charge in [-0.2, -0.15) is 4.72 Å². The summed E-state index contributed by atoms with van der Waals surface area (Å²) in [5, 5.41) is 7.73. The molecule has 8 heteroatoms. The van der Waals surface area contributed by atoms with Crippen molar-refractivity contribution in [1.82, 2.24) is 14.9 Å². The first-order valence-corrected chi connectivity index (χ1v) is 9.46. The maximum absolute atomic E-state index is 13.3. The molecule has 0 aliphatic heterocycles. The van der Waals surface area contributed by atoms with Gasteiger partial charge in [0.25, 0.3) is 0 Å². The molecule has 2 aromatic carbocycles. The van der Waals surface area contributed by atoms with E-state index in [1.807, 2.05) is 30.3 Å². The Morgan fingerprint density at radius 1 is 1.12 bits per heavy atom.